The molecule has 6 atom stereocenters. The van der Waals surface area contributed by atoms with E-state index in [9.17, 15) is 27.6 Å². The lowest BCUT2D eigenvalue weighted by Crippen LogP contribution is -2.67. The van der Waals surface area contributed by atoms with Gasteiger partial charge in [-0.25, -0.2) is 20.8 Å². The van der Waals surface area contributed by atoms with E-state index in [-0.39, 0.29) is 43.0 Å². The third-order valence-corrected chi connectivity index (χ3v) is 13.7. The van der Waals surface area contributed by atoms with Crippen LogP contribution < -0.4 is 14.8 Å². The first-order chi connectivity index (χ1) is 35.1. The SMILES string of the molecule is [C-]#[N+]CCOP(OC1C(COC(=O)c2ccccc2)OC(OCCOC(c2ccccc2)(c2ccc(OC)cc2)c2ccc(OC)cc2)C(NC(=O)C(F)(F)F)C1OC(=O)c1ccccc1)N(C(C)C)C(C)C. The minimum absolute atomic E-state index is 0.0161. The third kappa shape index (κ3) is 14.4. The fourth-order valence-corrected chi connectivity index (χ4v) is 10.0. The molecule has 1 saturated heterocycles. The molecule has 6 unspecified atom stereocenters. The van der Waals surface area contributed by atoms with Crippen molar-refractivity contribution in [1.82, 2.24) is 9.99 Å². The number of methoxy groups -OCH3 is 2. The normalized spacial score (nSPS) is 18.4. The second kappa shape index (κ2) is 26.5. The number of halogens is 3. The molecular formula is C54H59F3N3O12P. The van der Waals surface area contributed by atoms with Crippen LogP contribution in [0.1, 0.15) is 65.1 Å². The summed E-state index contributed by atoms with van der Waals surface area (Å²) < 4.78 is 101. The van der Waals surface area contributed by atoms with Gasteiger partial charge in [0.2, 0.25) is 6.54 Å². The Morgan fingerprint density at radius 3 is 1.70 bits per heavy atom. The number of nitrogens with zero attached hydrogens (tertiary/aromatic N) is 2. The maximum Gasteiger partial charge on any atom is 0.471 e. The molecule has 1 amide bonds. The quantitative estimate of drug-likeness (QED) is 0.0205. The first-order valence-electron chi connectivity index (χ1n) is 23.4. The van der Waals surface area contributed by atoms with Crippen molar-refractivity contribution in [2.24, 2.45) is 0 Å². The number of amides is 1. The van der Waals surface area contributed by atoms with Crippen molar-refractivity contribution in [3.63, 3.8) is 0 Å². The van der Waals surface area contributed by atoms with Crippen LogP contribution in [0.5, 0.6) is 11.5 Å². The standard InChI is InChI=1S/C54H59F3N3O12P/c1-36(2)60(37(3)4)73(69-32-31-58-5)72-47-45(35-67-49(61)38-17-11-8-12-18-38)70-51(46(59-52(63)54(55,56)57)48(47)71-50(62)39-19-13-9-14-20-39)66-33-34-68-53(40-21-15-10-16-22-40,41-23-27-43(64-6)28-24-41)42-25-29-44(65-7)30-26-42/h8-30,36-37,45-48,51H,31-35H2,1-4,6-7H3,(H,59,63). The number of hydrogen-bond donors (Lipinski definition) is 1. The van der Waals surface area contributed by atoms with Crippen molar-refractivity contribution in [2.75, 3.05) is 47.2 Å². The predicted molar refractivity (Wildman–Crippen MR) is 265 cm³/mol. The topological polar surface area (TPSA) is 154 Å². The summed E-state index contributed by atoms with van der Waals surface area (Å²) in [6, 6.07) is 37.0. The molecule has 73 heavy (non-hydrogen) atoms. The van der Waals surface area contributed by atoms with Gasteiger partial charge >= 0.3 is 24.0 Å². The molecule has 1 aliphatic heterocycles. The van der Waals surface area contributed by atoms with Crippen LogP contribution in [0.4, 0.5) is 13.2 Å². The van der Waals surface area contributed by atoms with Crippen LogP contribution >= 0.6 is 8.53 Å². The van der Waals surface area contributed by atoms with Gasteiger partial charge in [-0.2, -0.15) is 13.2 Å². The molecule has 0 bridgehead atoms. The highest BCUT2D eigenvalue weighted by atomic mass is 31.2. The summed E-state index contributed by atoms with van der Waals surface area (Å²) in [7, 11) is 0.843. The predicted octanol–water partition coefficient (Wildman–Crippen LogP) is 9.55. The van der Waals surface area contributed by atoms with E-state index >= 15 is 0 Å². The highest BCUT2D eigenvalue weighted by Gasteiger charge is 2.54. The molecule has 1 aliphatic rings. The Hall–Kier alpha value is -6.42. The van der Waals surface area contributed by atoms with Crippen molar-refractivity contribution in [2.45, 2.75) is 82.2 Å². The lowest BCUT2D eigenvalue weighted by Gasteiger charge is -2.47. The molecule has 0 aliphatic carbocycles. The largest absolute Gasteiger partial charge is 0.497 e. The average Bonchev–Trinajstić information content (AvgIpc) is 3.39. The number of rotatable bonds is 24. The van der Waals surface area contributed by atoms with Gasteiger partial charge in [0.1, 0.15) is 48.6 Å². The van der Waals surface area contributed by atoms with Crippen LogP contribution in [0.2, 0.25) is 0 Å². The number of esters is 2. The van der Waals surface area contributed by atoms with Gasteiger partial charge in [-0.15, -0.1) is 0 Å². The fourth-order valence-electron chi connectivity index (χ4n) is 8.24. The number of alkyl halides is 3. The lowest BCUT2D eigenvalue weighted by molar-refractivity contribution is -0.270. The Morgan fingerprint density at radius 2 is 1.21 bits per heavy atom. The van der Waals surface area contributed by atoms with Crippen molar-refractivity contribution in [3.05, 3.63) is 179 Å². The Kier molecular flexibility index (Phi) is 20.3. The average molecular weight is 1030 g/mol. The fraction of sp³-hybridized carbons (Fsp3) is 0.370. The van der Waals surface area contributed by atoms with Gasteiger partial charge < -0.3 is 52.4 Å². The van der Waals surface area contributed by atoms with Crippen LogP contribution in [0.3, 0.4) is 0 Å². The van der Waals surface area contributed by atoms with Gasteiger partial charge in [0.25, 0.3) is 8.53 Å². The zero-order valence-electron chi connectivity index (χ0n) is 41.2. The van der Waals surface area contributed by atoms with Crippen LogP contribution in [0, 0.1) is 6.57 Å². The molecule has 0 saturated carbocycles. The van der Waals surface area contributed by atoms with Gasteiger partial charge in [0, 0.05) is 12.1 Å². The first-order valence-corrected chi connectivity index (χ1v) is 24.6. The summed E-state index contributed by atoms with van der Waals surface area (Å²) in [5.41, 5.74) is 0.902. The van der Waals surface area contributed by atoms with Gasteiger partial charge in [-0.05, 0) is 92.9 Å². The number of ether oxygens (including phenoxy) is 7. The van der Waals surface area contributed by atoms with E-state index in [4.69, 9.17) is 48.8 Å². The van der Waals surface area contributed by atoms with Crippen LogP contribution in [0.25, 0.3) is 4.85 Å². The smallest absolute Gasteiger partial charge is 0.471 e. The maximum atomic E-state index is 14.4. The Bertz CT molecular complexity index is 2500. The van der Waals surface area contributed by atoms with E-state index in [1.807, 2.05) is 92.3 Å². The molecule has 15 nitrogen and oxygen atoms in total. The Balaban J connectivity index is 1.45. The molecule has 1 heterocycles. The molecular weight excluding hydrogens is 971 g/mol. The van der Waals surface area contributed by atoms with Gasteiger partial charge in [-0.1, -0.05) is 91.0 Å². The minimum atomic E-state index is -5.44. The number of nitrogens with one attached hydrogen (secondary N) is 1. The van der Waals surface area contributed by atoms with E-state index in [0.29, 0.717) is 28.2 Å². The summed E-state index contributed by atoms with van der Waals surface area (Å²) in [5, 5.41) is 1.98. The second-order valence-corrected chi connectivity index (χ2v) is 18.5. The number of hydrogen-bond acceptors (Lipinski definition) is 13. The number of carbonyl (C=O) groups is 3. The number of carbonyl (C=O) groups excluding carboxylic acids is 3. The highest BCUT2D eigenvalue weighted by Crippen LogP contribution is 2.49. The van der Waals surface area contributed by atoms with Crippen molar-refractivity contribution in [3.8, 4) is 11.5 Å². The zero-order valence-corrected chi connectivity index (χ0v) is 42.1. The van der Waals surface area contributed by atoms with Crippen LogP contribution in [0.15, 0.2) is 140 Å². The van der Waals surface area contributed by atoms with E-state index in [0.717, 1.165) is 0 Å². The van der Waals surface area contributed by atoms with Gasteiger partial charge in [0.05, 0.1) is 38.6 Å². The van der Waals surface area contributed by atoms with Crippen LogP contribution in [-0.2, 0) is 43.1 Å². The summed E-state index contributed by atoms with van der Waals surface area (Å²) in [6.07, 6.45) is -12.2. The highest BCUT2D eigenvalue weighted by molar-refractivity contribution is 7.44. The molecule has 5 aromatic rings. The molecule has 19 heteroatoms. The van der Waals surface area contributed by atoms with E-state index in [1.54, 1.807) is 74.9 Å². The van der Waals surface area contributed by atoms with Crippen molar-refractivity contribution < 1.29 is 69.8 Å². The van der Waals surface area contributed by atoms with E-state index in [2.05, 4.69) is 4.85 Å². The minimum Gasteiger partial charge on any atom is -0.497 e. The van der Waals surface area contributed by atoms with E-state index in [1.165, 1.54) is 24.3 Å². The Morgan fingerprint density at radius 1 is 0.699 bits per heavy atom. The lowest BCUT2D eigenvalue weighted by atomic mass is 9.80. The zero-order chi connectivity index (χ0) is 52.5. The van der Waals surface area contributed by atoms with Crippen molar-refractivity contribution in [1.29, 1.82) is 0 Å². The Labute approximate surface area is 424 Å². The second-order valence-electron chi connectivity index (χ2n) is 17.1. The molecule has 1 N–H and O–H groups in total. The molecule has 0 aromatic heterocycles. The maximum absolute atomic E-state index is 14.4. The first kappa shape index (κ1) is 55.9. The molecule has 1 fully saturated rings. The number of benzene rings is 5. The van der Waals surface area contributed by atoms with E-state index < -0.39 is 82.0 Å². The van der Waals surface area contributed by atoms with Crippen LogP contribution in [-0.4, -0.2) is 119 Å². The third-order valence-electron chi connectivity index (χ3n) is 11.6. The molecule has 0 spiro atoms. The summed E-state index contributed by atoms with van der Waals surface area (Å²) in [4.78, 5) is 44.3. The van der Waals surface area contributed by atoms with Gasteiger partial charge in [-0.3, -0.25) is 4.79 Å². The summed E-state index contributed by atoms with van der Waals surface area (Å²) in [5.74, 6) is -3.01. The summed E-state index contributed by atoms with van der Waals surface area (Å²) >= 11 is 0. The molecule has 5 aromatic carbocycles. The van der Waals surface area contributed by atoms with Crippen molar-refractivity contribution >= 4 is 26.4 Å². The molecule has 388 valence electrons. The summed E-state index contributed by atoms with van der Waals surface area (Å²) in [6.45, 7) is 13.4. The molecule has 6 rings (SSSR count). The van der Waals surface area contributed by atoms with Gasteiger partial charge in [0.15, 0.2) is 12.4 Å². The monoisotopic (exact) mass is 1030 g/mol. The molecule has 0 radical (unpaired) electrons.